The van der Waals surface area contributed by atoms with Crippen molar-refractivity contribution in [2.45, 2.75) is 104 Å². The van der Waals surface area contributed by atoms with Crippen LogP contribution in [-0.4, -0.2) is 27.4 Å². The van der Waals surface area contributed by atoms with Crippen molar-refractivity contribution in [2.75, 3.05) is 0 Å². The summed E-state index contributed by atoms with van der Waals surface area (Å²) in [6, 6.07) is 20.2. The van der Waals surface area contributed by atoms with Gasteiger partial charge in [0, 0.05) is 37.6 Å². The molecule has 0 amide bonds. The Kier molecular flexibility index (Phi) is 9.75. The number of fused-ring (bicyclic) bond motifs is 2. The summed E-state index contributed by atoms with van der Waals surface area (Å²) < 4.78 is 0. The van der Waals surface area contributed by atoms with E-state index in [4.69, 9.17) is 0 Å². The van der Waals surface area contributed by atoms with Crippen LogP contribution >= 0.6 is 0 Å². The topological polar surface area (TPSA) is 53.4 Å². The van der Waals surface area contributed by atoms with Gasteiger partial charge >= 0.3 is 0 Å². The van der Waals surface area contributed by atoms with Crippen LogP contribution in [0.1, 0.15) is 97.0 Å². The number of pyridine rings is 1. The van der Waals surface area contributed by atoms with Crippen molar-refractivity contribution in [3.8, 4) is 11.3 Å². The molecule has 39 heavy (non-hydrogen) atoms. The zero-order chi connectivity index (χ0) is 26.9. The second-order valence-electron chi connectivity index (χ2n) is 13.5. The Labute approximate surface area is 249 Å². The molecular weight excluding hydrogens is 659 g/mol. The Bertz CT molecular complexity index is 1220. The van der Waals surface area contributed by atoms with Gasteiger partial charge in [0.05, 0.1) is 12.2 Å². The molecule has 213 valence electrons. The molecule has 1 radical (unpaired) electrons. The summed E-state index contributed by atoms with van der Waals surface area (Å²) in [5.41, 5.74) is 3.47. The molecule has 0 bridgehead atoms. The van der Waals surface area contributed by atoms with E-state index in [0.717, 1.165) is 30.0 Å². The zero-order valence-corrected chi connectivity index (χ0v) is 26.5. The number of rotatable bonds is 2. The fourth-order valence-electron chi connectivity index (χ4n) is 7.42. The molecule has 3 saturated carbocycles. The van der Waals surface area contributed by atoms with Crippen molar-refractivity contribution in [1.29, 1.82) is 0 Å². The van der Waals surface area contributed by atoms with E-state index in [1.54, 1.807) is 0 Å². The van der Waals surface area contributed by atoms with Crippen LogP contribution in [0, 0.1) is 28.7 Å². The van der Waals surface area contributed by atoms with Crippen LogP contribution in [0.15, 0.2) is 54.7 Å². The van der Waals surface area contributed by atoms with Crippen LogP contribution in [-0.2, 0) is 20.1 Å². The minimum atomic E-state index is -0.357. The van der Waals surface area contributed by atoms with Crippen molar-refractivity contribution in [1.82, 2.24) is 4.98 Å². The number of hydrogen-bond acceptors (Lipinski definition) is 3. The van der Waals surface area contributed by atoms with Gasteiger partial charge in [-0.25, -0.2) is 0 Å². The molecular formula is C35H46IrNO2-. The first-order chi connectivity index (χ1) is 18.2. The van der Waals surface area contributed by atoms with E-state index in [1.807, 2.05) is 18.2 Å². The largest absolute Gasteiger partial charge is 0.392 e. The number of hydrogen-bond donors (Lipinski definition) is 2. The van der Waals surface area contributed by atoms with Crippen LogP contribution in [0.3, 0.4) is 0 Å². The summed E-state index contributed by atoms with van der Waals surface area (Å²) in [6.45, 7) is 8.57. The fraction of sp³-hybridized carbons (Fsp3) is 0.571. The van der Waals surface area contributed by atoms with Crippen molar-refractivity contribution in [3.05, 3.63) is 66.4 Å². The summed E-state index contributed by atoms with van der Waals surface area (Å²) >= 11 is 0. The van der Waals surface area contributed by atoms with Crippen molar-refractivity contribution < 1.29 is 30.3 Å². The molecule has 1 aromatic heterocycles. The maximum atomic E-state index is 10.7. The van der Waals surface area contributed by atoms with Gasteiger partial charge in [-0.1, -0.05) is 71.2 Å². The summed E-state index contributed by atoms with van der Waals surface area (Å²) in [4.78, 5) is 4.68. The number of aliphatic hydroxyl groups excluding tert-OH is 2. The van der Waals surface area contributed by atoms with Gasteiger partial charge in [-0.3, -0.25) is 0 Å². The molecule has 0 aliphatic heterocycles. The molecule has 1 heterocycles. The van der Waals surface area contributed by atoms with Crippen molar-refractivity contribution in [3.63, 3.8) is 0 Å². The SMILES string of the molecule is CC1(C)CCCC2CCC(C)(C)C(O)C2C1O.[Ir].[c-]1ccccc1-c1cc2cccc(C3CCCC3)c2cn1. The summed E-state index contributed by atoms with van der Waals surface area (Å²) in [5, 5.41) is 23.9. The number of aromatic nitrogens is 1. The monoisotopic (exact) mass is 705 g/mol. The first-order valence-electron chi connectivity index (χ1n) is 14.9. The summed E-state index contributed by atoms with van der Waals surface area (Å²) in [5.74, 6) is 1.33. The van der Waals surface area contributed by atoms with Crippen LogP contribution < -0.4 is 0 Å². The third kappa shape index (κ3) is 6.51. The van der Waals surface area contributed by atoms with E-state index in [-0.39, 0.29) is 49.1 Å². The fourth-order valence-corrected chi connectivity index (χ4v) is 7.42. The van der Waals surface area contributed by atoms with E-state index in [9.17, 15) is 10.2 Å². The Balaban J connectivity index is 0.000000181. The van der Waals surface area contributed by atoms with Crippen LogP contribution in [0.5, 0.6) is 0 Å². The summed E-state index contributed by atoms with van der Waals surface area (Å²) in [6.07, 6.45) is 12.4. The Morgan fingerprint density at radius 3 is 2.23 bits per heavy atom. The van der Waals surface area contributed by atoms with E-state index in [0.29, 0.717) is 5.92 Å². The van der Waals surface area contributed by atoms with Gasteiger partial charge in [0.15, 0.2) is 0 Å². The Morgan fingerprint density at radius 1 is 0.821 bits per heavy atom. The third-order valence-corrected chi connectivity index (χ3v) is 10.0. The smallest absolute Gasteiger partial charge is 0.0646 e. The molecule has 3 aliphatic carbocycles. The van der Waals surface area contributed by atoms with Crippen molar-refractivity contribution in [2.24, 2.45) is 22.7 Å². The van der Waals surface area contributed by atoms with E-state index in [1.165, 1.54) is 61.3 Å². The van der Waals surface area contributed by atoms with E-state index in [2.05, 4.69) is 75.3 Å². The molecule has 3 aromatic rings. The third-order valence-electron chi connectivity index (χ3n) is 10.0. The number of aliphatic hydroxyl groups is 2. The van der Waals surface area contributed by atoms with Gasteiger partial charge in [-0.15, -0.1) is 35.9 Å². The molecule has 4 heteroatoms. The predicted octanol–water partition coefficient (Wildman–Crippen LogP) is 8.33. The van der Waals surface area contributed by atoms with E-state index >= 15 is 0 Å². The van der Waals surface area contributed by atoms with Gasteiger partial charge in [-0.2, -0.15) is 0 Å². The maximum Gasteiger partial charge on any atom is 0.0646 e. The van der Waals surface area contributed by atoms with Gasteiger partial charge in [0.1, 0.15) is 0 Å². The molecule has 2 N–H and O–H groups in total. The second-order valence-corrected chi connectivity index (χ2v) is 13.5. The van der Waals surface area contributed by atoms with Crippen LogP contribution in [0.25, 0.3) is 22.0 Å². The second kappa shape index (κ2) is 12.5. The van der Waals surface area contributed by atoms with Gasteiger partial charge in [0.25, 0.3) is 0 Å². The Morgan fingerprint density at radius 2 is 1.54 bits per heavy atom. The van der Waals surface area contributed by atoms with Crippen LogP contribution in [0.2, 0.25) is 0 Å². The zero-order valence-electron chi connectivity index (χ0n) is 24.1. The molecule has 2 aromatic carbocycles. The Hall–Kier alpha value is -1.58. The molecule has 3 nitrogen and oxygen atoms in total. The molecule has 4 unspecified atom stereocenters. The maximum absolute atomic E-state index is 10.7. The molecule has 0 spiro atoms. The quantitative estimate of drug-likeness (QED) is 0.264. The molecule has 4 atom stereocenters. The van der Waals surface area contributed by atoms with E-state index < -0.39 is 0 Å². The number of nitrogens with zero attached hydrogens (tertiary/aromatic N) is 1. The van der Waals surface area contributed by atoms with Gasteiger partial charge in [-0.05, 0) is 77.8 Å². The standard InChI is InChI=1S/C20H18N.C15H28O2.Ir/c1-2-9-16(10-3-1)20-13-17-11-6-12-18(19(17)14-21-20)15-7-4-5-8-15;1-14(2)8-5-6-10-7-9-15(3,4)13(17)11(10)12(14)16;/h1-3,6,9,11-15H,4-5,7-8H2;10-13,16-17H,5-9H2,1-4H3;/q-1;;. The predicted molar refractivity (Wildman–Crippen MR) is 157 cm³/mol. The number of benzene rings is 2. The molecule has 3 aliphatic rings. The molecule has 6 rings (SSSR count). The molecule has 0 saturated heterocycles. The van der Waals surface area contributed by atoms with Crippen molar-refractivity contribution >= 4 is 10.8 Å². The normalized spacial score (nSPS) is 27.9. The average Bonchev–Trinajstić information content (AvgIpc) is 3.42. The summed E-state index contributed by atoms with van der Waals surface area (Å²) in [7, 11) is 0. The minimum Gasteiger partial charge on any atom is -0.392 e. The minimum absolute atomic E-state index is 0. The van der Waals surface area contributed by atoms with Gasteiger partial charge in [0.2, 0.25) is 0 Å². The average molecular weight is 705 g/mol. The molecule has 3 fully saturated rings. The van der Waals surface area contributed by atoms with Crippen LogP contribution in [0.4, 0.5) is 0 Å². The first-order valence-corrected chi connectivity index (χ1v) is 14.9. The van der Waals surface area contributed by atoms with Gasteiger partial charge < -0.3 is 15.2 Å². The first kappa shape index (κ1) is 30.4.